The van der Waals surface area contributed by atoms with Crippen molar-refractivity contribution in [2.24, 2.45) is 5.92 Å². The van der Waals surface area contributed by atoms with Crippen LogP contribution in [0.25, 0.3) is 11.0 Å². The molecule has 0 spiro atoms. The Morgan fingerprint density at radius 1 is 1.33 bits per heavy atom. The van der Waals surface area contributed by atoms with Crippen LogP contribution in [-0.2, 0) is 4.79 Å². The van der Waals surface area contributed by atoms with Crippen LogP contribution in [0.1, 0.15) is 25.5 Å². The van der Waals surface area contributed by atoms with Crippen molar-refractivity contribution in [3.8, 4) is 0 Å². The minimum absolute atomic E-state index is 0.0676. The molecular formula is C18H17N3O2S. The lowest BCUT2D eigenvalue weighted by atomic mass is 9.92. The fraction of sp³-hybridized carbons (Fsp3) is 0.222. The average Bonchev–Trinajstić information content (AvgIpc) is 3.27. The molecule has 2 N–H and O–H groups in total. The van der Waals surface area contributed by atoms with Gasteiger partial charge in [-0.1, -0.05) is 13.8 Å². The number of amides is 1. The molecule has 4 rings (SSSR count). The zero-order chi connectivity index (χ0) is 16.8. The number of nitrogens with zero attached hydrogens (tertiary/aromatic N) is 2. The van der Waals surface area contributed by atoms with Crippen molar-refractivity contribution in [2.45, 2.75) is 19.9 Å². The summed E-state index contributed by atoms with van der Waals surface area (Å²) in [5.74, 6) is -0.425. The van der Waals surface area contributed by atoms with Crippen molar-refractivity contribution in [3.63, 3.8) is 0 Å². The van der Waals surface area contributed by atoms with Gasteiger partial charge in [-0.05, 0) is 46.5 Å². The van der Waals surface area contributed by atoms with E-state index in [1.54, 1.807) is 22.6 Å². The van der Waals surface area contributed by atoms with Gasteiger partial charge in [-0.15, -0.1) is 0 Å². The normalized spacial score (nSPS) is 18.4. The Morgan fingerprint density at radius 3 is 2.88 bits per heavy atom. The maximum absolute atomic E-state index is 12.8. The van der Waals surface area contributed by atoms with E-state index < -0.39 is 0 Å². The van der Waals surface area contributed by atoms with Crippen LogP contribution in [0.4, 0.5) is 5.69 Å². The van der Waals surface area contributed by atoms with Crippen molar-refractivity contribution >= 4 is 34.0 Å². The van der Waals surface area contributed by atoms with E-state index in [1.807, 2.05) is 48.9 Å². The van der Waals surface area contributed by atoms with E-state index in [-0.39, 0.29) is 23.6 Å². The molecule has 1 unspecified atom stereocenters. The second-order valence-corrected chi connectivity index (χ2v) is 6.98. The van der Waals surface area contributed by atoms with Crippen molar-refractivity contribution in [3.05, 3.63) is 58.2 Å². The molecule has 1 amide bonds. The highest BCUT2D eigenvalue weighted by atomic mass is 32.1. The molecule has 3 heterocycles. The van der Waals surface area contributed by atoms with E-state index in [0.29, 0.717) is 0 Å². The van der Waals surface area contributed by atoms with Gasteiger partial charge >= 0.3 is 0 Å². The van der Waals surface area contributed by atoms with Crippen molar-refractivity contribution in [1.29, 1.82) is 0 Å². The number of hydrogen-bond donors (Lipinski definition) is 2. The molecule has 0 aliphatic carbocycles. The lowest BCUT2D eigenvalue weighted by molar-refractivity contribution is -0.117. The number of nitrogens with one attached hydrogen (secondary N) is 1. The zero-order valence-corrected chi connectivity index (χ0v) is 14.2. The molecule has 3 aromatic rings. The van der Waals surface area contributed by atoms with Crippen LogP contribution in [0.2, 0.25) is 0 Å². The summed E-state index contributed by atoms with van der Waals surface area (Å²) in [5.41, 5.74) is 4.22. The van der Waals surface area contributed by atoms with Gasteiger partial charge in [0.25, 0.3) is 5.91 Å². The number of benzene rings is 1. The van der Waals surface area contributed by atoms with Gasteiger partial charge in [-0.2, -0.15) is 11.3 Å². The number of aliphatic hydroxyl groups excluding tert-OH is 1. The zero-order valence-electron chi connectivity index (χ0n) is 13.4. The number of anilines is 1. The first-order valence-electron chi connectivity index (χ1n) is 7.79. The lowest BCUT2D eigenvalue weighted by Crippen LogP contribution is -2.30. The number of aliphatic hydroxyl groups is 1. The summed E-state index contributed by atoms with van der Waals surface area (Å²) in [4.78, 5) is 21.8. The number of hydrogen-bond acceptors (Lipinski definition) is 4. The number of H-pyrrole nitrogens is 1. The third-order valence-corrected chi connectivity index (χ3v) is 5.11. The largest absolute Gasteiger partial charge is 0.503 e. The molecule has 0 radical (unpaired) electrons. The van der Waals surface area contributed by atoms with E-state index in [2.05, 4.69) is 9.97 Å². The van der Waals surface area contributed by atoms with Crippen LogP contribution < -0.4 is 4.90 Å². The van der Waals surface area contributed by atoms with Crippen LogP contribution in [0.5, 0.6) is 0 Å². The fourth-order valence-corrected chi connectivity index (χ4v) is 3.99. The van der Waals surface area contributed by atoms with E-state index in [1.165, 1.54) is 0 Å². The fourth-order valence-electron chi connectivity index (χ4n) is 3.31. The van der Waals surface area contributed by atoms with Crippen LogP contribution in [0, 0.1) is 5.92 Å². The summed E-state index contributed by atoms with van der Waals surface area (Å²) >= 11 is 1.58. The Labute approximate surface area is 143 Å². The molecule has 6 heteroatoms. The molecule has 24 heavy (non-hydrogen) atoms. The predicted molar refractivity (Wildman–Crippen MR) is 95.1 cm³/mol. The highest BCUT2D eigenvalue weighted by Gasteiger charge is 2.42. The molecule has 2 aromatic heterocycles. The number of carbonyl (C=O) groups excluding carboxylic acids is 1. The Balaban J connectivity index is 1.88. The first-order valence-corrected chi connectivity index (χ1v) is 8.74. The monoisotopic (exact) mass is 339 g/mol. The van der Waals surface area contributed by atoms with E-state index in [9.17, 15) is 9.90 Å². The van der Waals surface area contributed by atoms with Gasteiger partial charge < -0.3 is 10.1 Å². The molecule has 122 valence electrons. The van der Waals surface area contributed by atoms with Gasteiger partial charge in [-0.3, -0.25) is 9.69 Å². The minimum Gasteiger partial charge on any atom is -0.503 e. The number of aromatic nitrogens is 2. The maximum atomic E-state index is 12.8. The van der Waals surface area contributed by atoms with Crippen LogP contribution >= 0.6 is 11.3 Å². The Morgan fingerprint density at radius 2 is 2.17 bits per heavy atom. The molecule has 0 saturated carbocycles. The molecule has 0 fully saturated rings. The maximum Gasteiger partial charge on any atom is 0.293 e. The third kappa shape index (κ3) is 2.14. The molecule has 1 aromatic carbocycles. The molecule has 0 bridgehead atoms. The van der Waals surface area contributed by atoms with Gasteiger partial charge in [0.15, 0.2) is 5.76 Å². The van der Waals surface area contributed by atoms with Crippen LogP contribution in [-0.4, -0.2) is 21.0 Å². The summed E-state index contributed by atoms with van der Waals surface area (Å²) in [6, 6.07) is 7.39. The van der Waals surface area contributed by atoms with Gasteiger partial charge in [0.2, 0.25) is 0 Å². The summed E-state index contributed by atoms with van der Waals surface area (Å²) in [6.45, 7) is 4.00. The van der Waals surface area contributed by atoms with E-state index >= 15 is 0 Å². The number of carbonyl (C=O) groups is 1. The first kappa shape index (κ1) is 15.0. The molecule has 5 nitrogen and oxygen atoms in total. The summed E-state index contributed by atoms with van der Waals surface area (Å²) < 4.78 is 0. The standard InChI is InChI=1S/C18H17N3O2S/c1-10(2)15-16(11-5-6-24-8-11)21(18(23)17(15)22)12-3-4-13-14(7-12)20-9-19-13/h3-10,16,22H,1-2H3,(H,19,20). The summed E-state index contributed by atoms with van der Waals surface area (Å²) in [7, 11) is 0. The second kappa shape index (κ2) is 5.49. The smallest absolute Gasteiger partial charge is 0.293 e. The van der Waals surface area contributed by atoms with Crippen molar-refractivity contribution < 1.29 is 9.90 Å². The number of fused-ring (bicyclic) bond motifs is 1. The van der Waals surface area contributed by atoms with Crippen molar-refractivity contribution in [1.82, 2.24) is 9.97 Å². The molecule has 1 aliphatic rings. The summed E-state index contributed by atoms with van der Waals surface area (Å²) in [5, 5.41) is 14.5. The number of rotatable bonds is 3. The van der Waals surface area contributed by atoms with E-state index in [4.69, 9.17) is 0 Å². The molecule has 0 saturated heterocycles. The number of imidazole rings is 1. The minimum atomic E-state index is -0.357. The second-order valence-electron chi connectivity index (χ2n) is 6.20. The predicted octanol–water partition coefficient (Wildman–Crippen LogP) is 4.18. The highest BCUT2D eigenvalue weighted by Crippen LogP contribution is 2.44. The van der Waals surface area contributed by atoms with Gasteiger partial charge in [0.1, 0.15) is 0 Å². The average molecular weight is 339 g/mol. The number of aromatic amines is 1. The Bertz CT molecular complexity index is 940. The lowest BCUT2D eigenvalue weighted by Gasteiger charge is -2.27. The Kier molecular flexibility index (Phi) is 3.42. The number of thiophene rings is 1. The van der Waals surface area contributed by atoms with Gasteiger partial charge in [0, 0.05) is 11.3 Å². The van der Waals surface area contributed by atoms with Crippen LogP contribution in [0.15, 0.2) is 52.7 Å². The highest BCUT2D eigenvalue weighted by molar-refractivity contribution is 7.08. The quantitative estimate of drug-likeness (QED) is 0.752. The molecule has 1 aliphatic heterocycles. The van der Waals surface area contributed by atoms with Crippen molar-refractivity contribution in [2.75, 3.05) is 4.90 Å². The van der Waals surface area contributed by atoms with Gasteiger partial charge in [-0.25, -0.2) is 4.98 Å². The molecular weight excluding hydrogens is 322 g/mol. The molecule has 1 atom stereocenters. The Hall–Kier alpha value is -2.60. The topological polar surface area (TPSA) is 69.2 Å². The van der Waals surface area contributed by atoms with E-state index in [0.717, 1.165) is 27.9 Å². The van der Waals surface area contributed by atoms with Gasteiger partial charge in [0.05, 0.1) is 23.4 Å². The van der Waals surface area contributed by atoms with Crippen LogP contribution in [0.3, 0.4) is 0 Å². The first-order chi connectivity index (χ1) is 11.6. The summed E-state index contributed by atoms with van der Waals surface area (Å²) in [6.07, 6.45) is 1.63. The third-order valence-electron chi connectivity index (χ3n) is 4.41. The SMILES string of the molecule is CC(C)C1=C(O)C(=O)N(c2ccc3[nH]cnc3c2)C1c1ccsc1.